The van der Waals surface area contributed by atoms with E-state index in [1.807, 2.05) is 13.8 Å². The molecule has 0 aromatic rings. The highest BCUT2D eigenvalue weighted by Gasteiger charge is 2.38. The molecule has 7 rings (SSSR count). The third-order valence-corrected chi connectivity index (χ3v) is 20.0. The molecule has 29 heteroatoms. The largest absolute Gasteiger partial charge is 0.344 e. The van der Waals surface area contributed by atoms with Gasteiger partial charge in [0.2, 0.25) is 0 Å². The monoisotopic (exact) mass is 1040 g/mol. The Labute approximate surface area is 369 Å². The normalized spacial score (nSPS) is 29.2. The number of hydrogen-bond acceptors (Lipinski definition) is 22. The molecule has 7 aliphatic heterocycles. The van der Waals surface area contributed by atoms with E-state index in [-0.39, 0.29) is 32.0 Å². The lowest BCUT2D eigenvalue weighted by Crippen LogP contribution is -2.39. The fraction of sp³-hybridized carbons (Fsp3) is 0.970. The average Bonchev–Trinajstić information content (AvgIpc) is 3.16. The van der Waals surface area contributed by atoms with Crippen LogP contribution in [0, 0.1) is 0 Å². The molecular formula is C33H64O22S7. The summed E-state index contributed by atoms with van der Waals surface area (Å²) < 4.78 is 175. The van der Waals surface area contributed by atoms with Crippen LogP contribution < -0.4 is 0 Å². The van der Waals surface area contributed by atoms with Crippen molar-refractivity contribution in [3.05, 3.63) is 0 Å². The molecule has 0 aromatic heterocycles. The molecule has 5 unspecified atom stereocenters. The molecule has 370 valence electrons. The van der Waals surface area contributed by atoms with E-state index in [1.54, 1.807) is 6.92 Å². The van der Waals surface area contributed by atoms with Gasteiger partial charge in [0.1, 0.15) is 32.0 Å². The third kappa shape index (κ3) is 21.9. The maximum Gasteiger partial charge on any atom is 0.340 e. The van der Waals surface area contributed by atoms with E-state index < -0.39 is 82.5 Å². The van der Waals surface area contributed by atoms with E-state index in [9.17, 15) is 63.7 Å². The zero-order valence-corrected chi connectivity index (χ0v) is 41.5. The molecule has 0 aromatic carbocycles. The second kappa shape index (κ2) is 26.9. The molecule has 7 aliphatic rings. The van der Waals surface area contributed by atoms with Crippen LogP contribution in [0.1, 0.15) is 125 Å². The molecule has 0 amide bonds. The maximum atomic E-state index is 10.9. The molecule has 22 nitrogen and oxygen atoms in total. The van der Waals surface area contributed by atoms with E-state index in [1.165, 1.54) is 19.3 Å². The Balaban J connectivity index is 0.000000367. The van der Waals surface area contributed by atoms with Crippen LogP contribution in [-0.4, -0.2) is 142 Å². The quantitative estimate of drug-likeness (QED) is 0.178. The minimum Gasteiger partial charge on any atom is -0.344 e. The van der Waals surface area contributed by atoms with Gasteiger partial charge in [-0.3, -0.25) is 25.1 Å². The predicted octanol–water partition coefficient (Wildman–Crippen LogP) is 2.36. The van der Waals surface area contributed by atoms with Gasteiger partial charge in [-0.05, 0) is 32.6 Å². The minimum atomic E-state index is -3.38. The van der Waals surface area contributed by atoms with Gasteiger partial charge in [0, 0.05) is 0 Å². The third-order valence-electron chi connectivity index (χ3n) is 9.47. The van der Waals surface area contributed by atoms with Crippen LogP contribution in [0.2, 0.25) is 0 Å². The van der Waals surface area contributed by atoms with Gasteiger partial charge in [-0.1, -0.05) is 91.9 Å². The average molecular weight is 1040 g/mol. The fourth-order valence-electron chi connectivity index (χ4n) is 4.95. The summed E-state index contributed by atoms with van der Waals surface area (Å²) in [7, 11) is -21.8. The van der Waals surface area contributed by atoms with Crippen LogP contribution in [0.15, 0.2) is 0 Å². The van der Waals surface area contributed by atoms with Crippen LogP contribution in [0.5, 0.6) is 0 Å². The first kappa shape index (κ1) is 58.9. The molecule has 7 heterocycles. The molecule has 0 spiro atoms. The second-order valence-corrected chi connectivity index (χ2v) is 27.6. The Hall–Kier alpha value is -1.12. The van der Waals surface area contributed by atoms with E-state index >= 15 is 0 Å². The van der Waals surface area contributed by atoms with Gasteiger partial charge >= 0.3 is 16.1 Å². The van der Waals surface area contributed by atoms with E-state index in [4.69, 9.17) is 0 Å². The zero-order valence-electron chi connectivity index (χ0n) is 35.8. The first-order valence-electron chi connectivity index (χ1n) is 20.3. The van der Waals surface area contributed by atoms with E-state index in [2.05, 4.69) is 43.1 Å². The van der Waals surface area contributed by atoms with Gasteiger partial charge in [-0.25, -0.2) is 4.79 Å². The Morgan fingerprint density at radius 3 is 0.903 bits per heavy atom. The number of unbranched alkanes of at least 4 members (excludes halogenated alkanes) is 7. The highest BCUT2D eigenvalue weighted by atomic mass is 32.2. The van der Waals surface area contributed by atoms with Gasteiger partial charge in [0.25, 0.3) is 60.7 Å². The number of hydrogen-bond donors (Lipinski definition) is 0. The van der Waals surface area contributed by atoms with Crippen molar-refractivity contribution in [3.63, 3.8) is 0 Å². The molecule has 0 aliphatic carbocycles. The van der Waals surface area contributed by atoms with Crippen molar-refractivity contribution in [3.8, 4) is 0 Å². The molecular weight excluding hydrogens is 973 g/mol. The topological polar surface area (TPSA) is 321 Å². The lowest BCUT2D eigenvalue weighted by atomic mass is 10.1. The Morgan fingerprint density at radius 1 is 0.435 bits per heavy atom. The van der Waals surface area contributed by atoms with Crippen molar-refractivity contribution >= 4 is 76.8 Å². The standard InChI is InChI=1S/C9H18O3S.C7H14O3S.C6H12O3S.C4H8O3S.C3H6O3S.C2H2O4S.C2H4O3S/c1-2-3-4-5-6-7-9-8-12-13(9,10)11;1-2-3-4-5-7-6-10-11(7,8)9;1-2-3-4-6-5-9-10(6,7)8;1-2-4-3-7-8(4,5)6;1-3-2-6-7(3,4)5;3-2-1-7(4,5)6-2;3-6(4)2-1-5-6/h9H,2-8H2,1H3;7H,2-6H2,1H3;6H,2-5H2,1H3;4H,2-3H2,1H3;3H,2H2,1H3;1H2;1-2H2. The summed E-state index contributed by atoms with van der Waals surface area (Å²) in [5.74, 6) is -0.917. The van der Waals surface area contributed by atoms with Gasteiger partial charge in [-0.15, -0.1) is 0 Å². The van der Waals surface area contributed by atoms with Crippen molar-refractivity contribution < 1.29 is 93.0 Å². The Morgan fingerprint density at radius 2 is 0.742 bits per heavy atom. The summed E-state index contributed by atoms with van der Waals surface area (Å²) in [6.45, 7) is 12.1. The summed E-state index contributed by atoms with van der Waals surface area (Å²) in [5.41, 5.74) is 0. The molecule has 0 radical (unpaired) electrons. The van der Waals surface area contributed by atoms with Gasteiger partial charge in [-0.2, -0.15) is 58.9 Å². The predicted molar refractivity (Wildman–Crippen MR) is 226 cm³/mol. The molecule has 0 saturated carbocycles. The SMILES string of the molecule is CC1COS1(=O)=O.CCC1COS1(=O)=O.CCCCC1COS1(=O)=O.CCCCCC1COS1(=O)=O.CCCCCCCC1COS1(=O)=O.O=C1CS(=O)(=O)O1.O=S1(=O)CCO1. The molecule has 0 N–H and O–H groups in total. The van der Waals surface area contributed by atoms with Gasteiger partial charge in [0.15, 0.2) is 5.75 Å². The number of carbonyl (C=O) groups excluding carboxylic acids is 1. The molecule has 62 heavy (non-hydrogen) atoms. The highest BCUT2D eigenvalue weighted by Crippen LogP contribution is 2.24. The van der Waals surface area contributed by atoms with E-state index in [0.717, 1.165) is 64.2 Å². The second-order valence-electron chi connectivity index (χ2n) is 14.7. The van der Waals surface area contributed by atoms with Crippen molar-refractivity contribution in [2.45, 2.75) is 151 Å². The van der Waals surface area contributed by atoms with Gasteiger partial charge < -0.3 is 4.18 Å². The molecule has 7 fully saturated rings. The lowest BCUT2D eigenvalue weighted by Gasteiger charge is -2.25. The van der Waals surface area contributed by atoms with Crippen LogP contribution in [0.25, 0.3) is 0 Å². The first-order valence-corrected chi connectivity index (χ1v) is 30.8. The molecule has 7 saturated heterocycles. The maximum absolute atomic E-state index is 10.9. The summed E-state index contributed by atoms with van der Waals surface area (Å²) in [6, 6.07) is 0. The highest BCUT2D eigenvalue weighted by molar-refractivity contribution is 7.90. The summed E-state index contributed by atoms with van der Waals surface area (Å²) in [6.07, 6.45) is 14.2. The smallest absolute Gasteiger partial charge is 0.340 e. The Bertz CT molecular complexity index is 2130. The van der Waals surface area contributed by atoms with Crippen LogP contribution in [0.4, 0.5) is 0 Å². The summed E-state index contributed by atoms with van der Waals surface area (Å²) in [5, 5.41) is -1.09. The fourth-order valence-corrected chi connectivity index (χ4v) is 10.6. The van der Waals surface area contributed by atoms with Crippen molar-refractivity contribution in [1.82, 2.24) is 0 Å². The Kier molecular flexibility index (Phi) is 25.5. The number of rotatable bonds is 14. The van der Waals surface area contributed by atoms with Crippen LogP contribution >= 0.6 is 0 Å². The lowest BCUT2D eigenvalue weighted by molar-refractivity contribution is -0.134. The van der Waals surface area contributed by atoms with Crippen LogP contribution in [-0.2, 0) is 105 Å². The summed E-state index contributed by atoms with van der Waals surface area (Å²) >= 11 is 0. The van der Waals surface area contributed by atoms with E-state index in [0.29, 0.717) is 46.1 Å². The summed E-state index contributed by atoms with van der Waals surface area (Å²) in [4.78, 5) is 9.71. The first-order chi connectivity index (χ1) is 28.6. The zero-order chi connectivity index (χ0) is 47.5. The van der Waals surface area contributed by atoms with Gasteiger partial charge in [0.05, 0.1) is 39.6 Å². The molecule has 5 atom stereocenters. The van der Waals surface area contributed by atoms with Crippen molar-refractivity contribution in [2.75, 3.05) is 51.1 Å². The van der Waals surface area contributed by atoms with Crippen molar-refractivity contribution in [2.24, 2.45) is 0 Å². The minimum absolute atomic E-state index is 0.200. The number of carbonyl (C=O) groups is 1. The van der Waals surface area contributed by atoms with Crippen molar-refractivity contribution in [1.29, 1.82) is 0 Å². The van der Waals surface area contributed by atoms with Crippen LogP contribution in [0.3, 0.4) is 0 Å². The molecule has 0 bridgehead atoms.